The van der Waals surface area contributed by atoms with Gasteiger partial charge < -0.3 is 10.6 Å². The molecule has 198 valence electrons. The van der Waals surface area contributed by atoms with Crippen LogP contribution in [0.25, 0.3) is 10.9 Å². The minimum Gasteiger partial charge on any atom is -0.393 e. The van der Waals surface area contributed by atoms with E-state index in [0.717, 1.165) is 35.2 Å². The average molecular weight is 546 g/mol. The Balaban J connectivity index is 1.67. The summed E-state index contributed by atoms with van der Waals surface area (Å²) in [6.45, 7) is 6.47. The lowest BCUT2D eigenvalue weighted by Gasteiger charge is -2.41. The molecular formula is C28H30B3ClN8. The highest BCUT2D eigenvalue weighted by Crippen LogP contribution is 2.40. The summed E-state index contributed by atoms with van der Waals surface area (Å²) < 4.78 is 1.91. The number of fused-ring (bicyclic) bond motifs is 1. The van der Waals surface area contributed by atoms with E-state index in [-0.39, 0.29) is 10.8 Å². The Morgan fingerprint density at radius 3 is 2.45 bits per heavy atom. The third kappa shape index (κ3) is 5.02. The minimum absolute atomic E-state index is 0.104. The molecule has 2 aromatic heterocycles. The SMILES string of the molecule is BC(Nc1cc(Cl)c2ncc(C#N)c(NC(B)(B)C(C)(C)C)c2c1)(c1cccc(C#N)c1)c1cn(C2CC2)nn1. The zero-order chi connectivity index (χ0) is 28.9. The van der Waals surface area contributed by atoms with E-state index in [1.54, 1.807) is 12.3 Å². The molecule has 1 aliphatic carbocycles. The maximum Gasteiger partial charge on any atom is 0.148 e. The normalized spacial score (nSPS) is 15.2. The van der Waals surface area contributed by atoms with Crippen molar-refractivity contribution in [1.82, 2.24) is 20.0 Å². The van der Waals surface area contributed by atoms with Gasteiger partial charge in [-0.25, -0.2) is 4.68 Å². The molecule has 0 radical (unpaired) electrons. The number of nitrogens with one attached hydrogen (secondary N) is 2. The number of hydrogen-bond donors (Lipinski definition) is 2. The molecule has 40 heavy (non-hydrogen) atoms. The van der Waals surface area contributed by atoms with Gasteiger partial charge in [-0.2, -0.15) is 10.5 Å². The molecule has 8 nitrogen and oxygen atoms in total. The predicted octanol–water partition coefficient (Wildman–Crippen LogP) is 2.88. The molecular weight excluding hydrogens is 516 g/mol. The fourth-order valence-electron chi connectivity index (χ4n) is 4.55. The fraction of sp³-hybridized carbons (Fsp3) is 0.321. The Morgan fingerprint density at radius 1 is 1.05 bits per heavy atom. The Morgan fingerprint density at radius 2 is 1.80 bits per heavy atom. The highest BCUT2D eigenvalue weighted by Gasteiger charge is 2.36. The van der Waals surface area contributed by atoms with Crippen molar-refractivity contribution >= 4 is 57.4 Å². The van der Waals surface area contributed by atoms with E-state index in [0.29, 0.717) is 33.4 Å². The zero-order valence-electron chi connectivity index (χ0n) is 23.7. The third-order valence-corrected chi connectivity index (χ3v) is 8.55. The van der Waals surface area contributed by atoms with Gasteiger partial charge in [0, 0.05) is 17.3 Å². The molecule has 1 saturated carbocycles. The van der Waals surface area contributed by atoms with E-state index >= 15 is 0 Å². The number of nitriles is 2. The van der Waals surface area contributed by atoms with Gasteiger partial charge >= 0.3 is 0 Å². The number of rotatable bonds is 7. The number of pyridine rings is 1. The number of aromatic nitrogens is 4. The van der Waals surface area contributed by atoms with Crippen LogP contribution in [0.2, 0.25) is 5.02 Å². The van der Waals surface area contributed by atoms with E-state index in [2.05, 4.69) is 74.5 Å². The van der Waals surface area contributed by atoms with Crippen molar-refractivity contribution in [2.24, 2.45) is 5.41 Å². The Hall–Kier alpha value is -3.95. The summed E-state index contributed by atoms with van der Waals surface area (Å²) in [7, 11) is 6.26. The lowest BCUT2D eigenvalue weighted by molar-refractivity contribution is 0.378. The van der Waals surface area contributed by atoms with E-state index in [4.69, 9.17) is 11.6 Å². The number of benzene rings is 2. The van der Waals surface area contributed by atoms with Crippen molar-refractivity contribution in [2.45, 2.75) is 50.4 Å². The van der Waals surface area contributed by atoms with Crippen LogP contribution < -0.4 is 10.6 Å². The van der Waals surface area contributed by atoms with Crippen molar-refractivity contribution in [1.29, 1.82) is 10.5 Å². The summed E-state index contributed by atoms with van der Waals surface area (Å²) in [6.07, 6.45) is 5.72. The molecule has 2 aromatic carbocycles. The lowest BCUT2D eigenvalue weighted by atomic mass is 9.49. The summed E-state index contributed by atoms with van der Waals surface area (Å²) in [4.78, 5) is 4.53. The first-order valence-electron chi connectivity index (χ1n) is 13.4. The van der Waals surface area contributed by atoms with E-state index in [9.17, 15) is 10.5 Å². The summed E-state index contributed by atoms with van der Waals surface area (Å²) in [5.41, 5.74) is 3.64. The monoisotopic (exact) mass is 546 g/mol. The molecule has 0 aliphatic heterocycles. The van der Waals surface area contributed by atoms with Crippen LogP contribution in [-0.2, 0) is 5.44 Å². The van der Waals surface area contributed by atoms with Crippen LogP contribution in [-0.4, -0.2) is 48.9 Å². The van der Waals surface area contributed by atoms with Crippen LogP contribution >= 0.6 is 11.6 Å². The van der Waals surface area contributed by atoms with Gasteiger partial charge in [0.25, 0.3) is 0 Å². The van der Waals surface area contributed by atoms with Gasteiger partial charge in [-0.3, -0.25) is 4.98 Å². The Bertz CT molecular complexity index is 1690. The van der Waals surface area contributed by atoms with Crippen molar-refractivity contribution in [3.8, 4) is 12.1 Å². The topological polar surface area (TPSA) is 115 Å². The second-order valence-electron chi connectivity index (χ2n) is 12.3. The maximum atomic E-state index is 9.98. The van der Waals surface area contributed by atoms with Crippen LogP contribution in [0.4, 0.5) is 11.4 Å². The van der Waals surface area contributed by atoms with Gasteiger partial charge in [0.2, 0.25) is 0 Å². The van der Waals surface area contributed by atoms with Crippen LogP contribution in [0.3, 0.4) is 0 Å². The average Bonchev–Trinajstić information content (AvgIpc) is 3.63. The van der Waals surface area contributed by atoms with Crippen molar-refractivity contribution in [2.75, 3.05) is 10.6 Å². The van der Waals surface area contributed by atoms with E-state index in [1.165, 1.54) is 0 Å². The third-order valence-electron chi connectivity index (χ3n) is 8.26. The van der Waals surface area contributed by atoms with Gasteiger partial charge in [0.1, 0.15) is 35.3 Å². The van der Waals surface area contributed by atoms with Gasteiger partial charge in [-0.1, -0.05) is 49.7 Å². The number of nitrogens with zero attached hydrogens (tertiary/aromatic N) is 6. The summed E-state index contributed by atoms with van der Waals surface area (Å²) >= 11 is 6.83. The molecule has 0 amide bonds. The lowest BCUT2D eigenvalue weighted by Crippen LogP contribution is -2.51. The summed E-state index contributed by atoms with van der Waals surface area (Å²) in [5.74, 6) is 0. The molecule has 1 fully saturated rings. The first-order chi connectivity index (χ1) is 18.9. The van der Waals surface area contributed by atoms with Crippen molar-refractivity contribution in [3.63, 3.8) is 0 Å². The van der Waals surface area contributed by atoms with Crippen LogP contribution in [0.5, 0.6) is 0 Å². The molecule has 2 heterocycles. The standard InChI is InChI=1S/C28H30B3ClN8/c1-26(2,3)28(30,31)37-24-17(13-34)14-35-25-21(24)10-19(11-22(25)32)36-27(29,18-6-4-5-16(9-18)12-33)23-15-40(39-38-23)20-7-8-20/h4-6,9-11,14-15,20,36H,7-8,29-31H2,1-3H3,(H,35,37). The smallest absolute Gasteiger partial charge is 0.148 e. The molecule has 0 spiro atoms. The van der Waals surface area contributed by atoms with Gasteiger partial charge in [0.05, 0.1) is 51.1 Å². The molecule has 1 atom stereocenters. The Labute approximate surface area is 242 Å². The summed E-state index contributed by atoms with van der Waals surface area (Å²) in [5, 5.41) is 36.7. The molecule has 12 heteroatoms. The zero-order valence-corrected chi connectivity index (χ0v) is 24.4. The second kappa shape index (κ2) is 9.91. The minimum atomic E-state index is -0.838. The quantitative estimate of drug-likeness (QED) is 0.343. The number of hydrogen-bond acceptors (Lipinski definition) is 7. The highest BCUT2D eigenvalue weighted by molar-refractivity contribution is 6.42. The van der Waals surface area contributed by atoms with Crippen LogP contribution in [0, 0.1) is 28.1 Å². The second-order valence-corrected chi connectivity index (χ2v) is 12.7. The molecule has 1 unspecified atom stereocenters. The van der Waals surface area contributed by atoms with E-state index < -0.39 is 5.44 Å². The maximum absolute atomic E-state index is 9.98. The first kappa shape index (κ1) is 27.6. The molecule has 1 aliphatic rings. The summed E-state index contributed by atoms with van der Waals surface area (Å²) in [6, 6.07) is 16.2. The number of halogens is 1. The van der Waals surface area contributed by atoms with Gasteiger partial charge in [-0.15, -0.1) is 5.10 Å². The Kier molecular flexibility index (Phi) is 6.84. The van der Waals surface area contributed by atoms with Gasteiger partial charge in [0.15, 0.2) is 0 Å². The van der Waals surface area contributed by atoms with Crippen LogP contribution in [0.15, 0.2) is 48.8 Å². The first-order valence-corrected chi connectivity index (χ1v) is 13.8. The molecule has 4 aromatic rings. The van der Waals surface area contributed by atoms with Crippen molar-refractivity contribution in [3.05, 3.63) is 76.2 Å². The number of anilines is 2. The largest absolute Gasteiger partial charge is 0.393 e. The predicted molar refractivity (Wildman–Crippen MR) is 167 cm³/mol. The van der Waals surface area contributed by atoms with Crippen LogP contribution in [0.1, 0.15) is 62.0 Å². The highest BCUT2D eigenvalue weighted by atomic mass is 35.5. The fourth-order valence-corrected chi connectivity index (χ4v) is 4.82. The molecule has 2 N–H and O–H groups in total. The molecule has 0 bridgehead atoms. The molecule has 0 saturated heterocycles. The molecule has 5 rings (SSSR count). The van der Waals surface area contributed by atoms with Crippen molar-refractivity contribution < 1.29 is 0 Å². The van der Waals surface area contributed by atoms with Gasteiger partial charge in [-0.05, 0) is 53.4 Å². The van der Waals surface area contributed by atoms with E-state index in [1.807, 2.05) is 49.1 Å².